The Kier molecular flexibility index (Phi) is 4.95. The number of para-hydroxylation sites is 1. The van der Waals surface area contributed by atoms with Crippen molar-refractivity contribution in [2.45, 2.75) is 12.5 Å². The Morgan fingerprint density at radius 1 is 1.07 bits per heavy atom. The first-order valence-corrected chi connectivity index (χ1v) is 9.19. The van der Waals surface area contributed by atoms with Crippen LogP contribution >= 0.6 is 0 Å². The maximum absolute atomic E-state index is 12.8. The second-order valence-electron chi connectivity index (χ2n) is 6.75. The molecule has 0 radical (unpaired) electrons. The number of amides is 1. The van der Waals surface area contributed by atoms with Crippen LogP contribution in [-0.4, -0.2) is 42.1 Å². The number of benzene rings is 2. The van der Waals surface area contributed by atoms with Gasteiger partial charge in [-0.3, -0.25) is 4.79 Å². The molecule has 4 rings (SSSR count). The van der Waals surface area contributed by atoms with Gasteiger partial charge in [0.2, 0.25) is 0 Å². The van der Waals surface area contributed by atoms with Gasteiger partial charge in [0.15, 0.2) is 0 Å². The molecule has 4 aromatic rings. The summed E-state index contributed by atoms with van der Waals surface area (Å²) in [4.78, 5) is 31.4. The SMILES string of the molecule is COC(=O)[C@@H](Cc1c[nH]c2ccccc12)NC(=O)c1cc2ccc(OC)cc2[nH]1. The number of aromatic amines is 2. The molecule has 7 nitrogen and oxygen atoms in total. The molecule has 0 aliphatic heterocycles. The molecule has 2 heterocycles. The smallest absolute Gasteiger partial charge is 0.328 e. The first-order valence-electron chi connectivity index (χ1n) is 9.19. The number of hydrogen-bond donors (Lipinski definition) is 3. The van der Waals surface area contributed by atoms with Gasteiger partial charge in [-0.05, 0) is 29.8 Å². The Bertz CT molecular complexity index is 1190. The number of rotatable bonds is 6. The Hall–Kier alpha value is -3.74. The summed E-state index contributed by atoms with van der Waals surface area (Å²) in [5.74, 6) is -0.185. The van der Waals surface area contributed by atoms with E-state index in [1.165, 1.54) is 7.11 Å². The van der Waals surface area contributed by atoms with Crippen molar-refractivity contribution >= 4 is 33.7 Å². The number of aromatic nitrogens is 2. The minimum atomic E-state index is -0.812. The monoisotopic (exact) mass is 391 g/mol. The highest BCUT2D eigenvalue weighted by molar-refractivity contribution is 6.00. The van der Waals surface area contributed by atoms with Gasteiger partial charge in [0, 0.05) is 40.5 Å². The highest BCUT2D eigenvalue weighted by atomic mass is 16.5. The fraction of sp³-hybridized carbons (Fsp3) is 0.182. The van der Waals surface area contributed by atoms with Gasteiger partial charge in [0.05, 0.1) is 14.2 Å². The van der Waals surface area contributed by atoms with Crippen LogP contribution in [0.1, 0.15) is 16.1 Å². The van der Waals surface area contributed by atoms with Crippen LogP contribution in [0.2, 0.25) is 0 Å². The number of methoxy groups -OCH3 is 2. The van der Waals surface area contributed by atoms with Crippen LogP contribution in [0.25, 0.3) is 21.8 Å². The lowest BCUT2D eigenvalue weighted by atomic mass is 10.0. The van der Waals surface area contributed by atoms with Gasteiger partial charge in [-0.15, -0.1) is 0 Å². The molecule has 0 spiro atoms. The van der Waals surface area contributed by atoms with Crippen molar-refractivity contribution in [1.29, 1.82) is 0 Å². The molecule has 0 saturated carbocycles. The molecule has 3 N–H and O–H groups in total. The number of carbonyl (C=O) groups is 2. The van der Waals surface area contributed by atoms with E-state index in [0.29, 0.717) is 17.9 Å². The van der Waals surface area contributed by atoms with E-state index in [4.69, 9.17) is 9.47 Å². The highest BCUT2D eigenvalue weighted by Gasteiger charge is 2.24. The summed E-state index contributed by atoms with van der Waals surface area (Å²) < 4.78 is 10.1. The number of hydrogen-bond acceptors (Lipinski definition) is 4. The molecule has 1 amide bonds. The van der Waals surface area contributed by atoms with Crippen molar-refractivity contribution in [2.75, 3.05) is 14.2 Å². The Morgan fingerprint density at radius 2 is 1.90 bits per heavy atom. The third-order valence-electron chi connectivity index (χ3n) is 4.96. The van der Waals surface area contributed by atoms with E-state index >= 15 is 0 Å². The molecule has 29 heavy (non-hydrogen) atoms. The zero-order chi connectivity index (χ0) is 20.4. The van der Waals surface area contributed by atoms with Gasteiger partial charge in [0.1, 0.15) is 17.5 Å². The van der Waals surface area contributed by atoms with Crippen LogP contribution in [0.3, 0.4) is 0 Å². The van der Waals surface area contributed by atoms with E-state index in [0.717, 1.165) is 27.4 Å². The predicted octanol–water partition coefficient (Wildman–Crippen LogP) is 3.17. The molecule has 1 atom stereocenters. The standard InChI is InChI=1S/C22H21N3O4/c1-28-15-8-7-13-9-19(24-18(13)11-15)21(26)25-20(22(27)29-2)10-14-12-23-17-6-4-3-5-16(14)17/h3-9,11-12,20,23-24H,10H2,1-2H3,(H,25,26)/t20-/m1/s1. The maximum atomic E-state index is 12.8. The molecule has 2 aromatic heterocycles. The van der Waals surface area contributed by atoms with Gasteiger partial charge in [-0.25, -0.2) is 4.79 Å². The van der Waals surface area contributed by atoms with Crippen molar-refractivity contribution in [3.8, 4) is 5.75 Å². The van der Waals surface area contributed by atoms with E-state index in [1.807, 2.05) is 48.7 Å². The summed E-state index contributed by atoms with van der Waals surface area (Å²) in [5.41, 5.74) is 3.04. The van der Waals surface area contributed by atoms with Gasteiger partial charge in [0.25, 0.3) is 5.91 Å². The molecule has 0 saturated heterocycles. The van der Waals surface area contributed by atoms with E-state index in [1.54, 1.807) is 13.2 Å². The Labute approximate surface area is 167 Å². The molecule has 0 unspecified atom stereocenters. The molecule has 0 fully saturated rings. The predicted molar refractivity (Wildman–Crippen MR) is 110 cm³/mol. The van der Waals surface area contributed by atoms with Crippen LogP contribution in [0.15, 0.2) is 54.7 Å². The minimum absolute atomic E-state index is 0.316. The third kappa shape index (κ3) is 3.67. The Balaban J connectivity index is 1.58. The second kappa shape index (κ2) is 7.71. The quantitative estimate of drug-likeness (QED) is 0.440. The Morgan fingerprint density at radius 3 is 2.69 bits per heavy atom. The number of carbonyl (C=O) groups excluding carboxylic acids is 2. The molecule has 0 aliphatic rings. The number of nitrogens with one attached hydrogen (secondary N) is 3. The number of ether oxygens (including phenoxy) is 2. The van der Waals surface area contributed by atoms with Crippen LogP contribution in [0.5, 0.6) is 5.75 Å². The summed E-state index contributed by atoms with van der Waals surface area (Å²) in [5, 5.41) is 4.67. The van der Waals surface area contributed by atoms with Gasteiger partial charge >= 0.3 is 5.97 Å². The molecule has 0 bridgehead atoms. The lowest BCUT2D eigenvalue weighted by molar-refractivity contribution is -0.142. The number of esters is 1. The largest absolute Gasteiger partial charge is 0.497 e. The zero-order valence-electron chi connectivity index (χ0n) is 16.1. The molecular formula is C22H21N3O4. The lowest BCUT2D eigenvalue weighted by Crippen LogP contribution is -2.43. The summed E-state index contributed by atoms with van der Waals surface area (Å²) in [6.45, 7) is 0. The fourth-order valence-electron chi connectivity index (χ4n) is 3.45. The van der Waals surface area contributed by atoms with E-state index < -0.39 is 12.0 Å². The van der Waals surface area contributed by atoms with E-state index in [2.05, 4.69) is 15.3 Å². The normalized spacial score (nSPS) is 12.1. The molecule has 7 heteroatoms. The molecular weight excluding hydrogens is 370 g/mol. The second-order valence-corrected chi connectivity index (χ2v) is 6.75. The van der Waals surface area contributed by atoms with Crippen LogP contribution in [-0.2, 0) is 16.0 Å². The maximum Gasteiger partial charge on any atom is 0.328 e. The van der Waals surface area contributed by atoms with Gasteiger partial charge in [-0.2, -0.15) is 0 Å². The van der Waals surface area contributed by atoms with Crippen molar-refractivity contribution < 1.29 is 19.1 Å². The van der Waals surface area contributed by atoms with Crippen molar-refractivity contribution in [1.82, 2.24) is 15.3 Å². The van der Waals surface area contributed by atoms with E-state index in [9.17, 15) is 9.59 Å². The average molecular weight is 391 g/mol. The summed E-state index contributed by atoms with van der Waals surface area (Å²) >= 11 is 0. The molecule has 2 aromatic carbocycles. The van der Waals surface area contributed by atoms with Gasteiger partial charge < -0.3 is 24.8 Å². The third-order valence-corrected chi connectivity index (χ3v) is 4.96. The minimum Gasteiger partial charge on any atom is -0.497 e. The summed E-state index contributed by atoms with van der Waals surface area (Å²) in [6.07, 6.45) is 2.17. The average Bonchev–Trinajstić information content (AvgIpc) is 3.36. The first-order chi connectivity index (χ1) is 14.1. The first kappa shape index (κ1) is 18.6. The van der Waals surface area contributed by atoms with E-state index in [-0.39, 0.29) is 5.91 Å². The van der Waals surface area contributed by atoms with Crippen LogP contribution in [0, 0.1) is 0 Å². The summed E-state index contributed by atoms with van der Waals surface area (Å²) in [7, 11) is 2.90. The summed E-state index contributed by atoms with van der Waals surface area (Å²) in [6, 6.07) is 14.2. The lowest BCUT2D eigenvalue weighted by Gasteiger charge is -2.16. The van der Waals surface area contributed by atoms with Crippen molar-refractivity contribution in [3.05, 3.63) is 66.0 Å². The number of fused-ring (bicyclic) bond motifs is 2. The van der Waals surface area contributed by atoms with Crippen molar-refractivity contribution in [2.24, 2.45) is 0 Å². The van der Waals surface area contributed by atoms with Crippen LogP contribution < -0.4 is 10.1 Å². The molecule has 0 aliphatic carbocycles. The highest BCUT2D eigenvalue weighted by Crippen LogP contribution is 2.22. The fourth-order valence-corrected chi connectivity index (χ4v) is 3.45. The number of H-pyrrole nitrogens is 2. The molecule has 148 valence electrons. The van der Waals surface area contributed by atoms with Gasteiger partial charge in [-0.1, -0.05) is 18.2 Å². The topological polar surface area (TPSA) is 96.2 Å². The van der Waals surface area contributed by atoms with Crippen molar-refractivity contribution in [3.63, 3.8) is 0 Å². The zero-order valence-corrected chi connectivity index (χ0v) is 16.1. The van der Waals surface area contributed by atoms with Crippen LogP contribution in [0.4, 0.5) is 0 Å².